The summed E-state index contributed by atoms with van der Waals surface area (Å²) in [6.45, 7) is 2.67. The van der Waals surface area contributed by atoms with E-state index in [9.17, 15) is 9.59 Å². The molecule has 0 heterocycles. The molecule has 0 unspecified atom stereocenters. The van der Waals surface area contributed by atoms with E-state index < -0.39 is 11.9 Å². The summed E-state index contributed by atoms with van der Waals surface area (Å²) in [6, 6.07) is 17.0. The molecule has 0 saturated heterocycles. The fourth-order valence-corrected chi connectivity index (χ4v) is 3.71. The quantitative estimate of drug-likeness (QED) is 0.464. The van der Waals surface area contributed by atoms with Crippen LogP contribution < -0.4 is 14.2 Å². The smallest absolute Gasteiger partial charge is 0.308 e. The highest BCUT2D eigenvalue weighted by Gasteiger charge is 2.20. The molecule has 0 N–H and O–H groups in total. The molecule has 6 heteroatoms. The summed E-state index contributed by atoms with van der Waals surface area (Å²) >= 11 is 1.53. The van der Waals surface area contributed by atoms with Crippen LogP contribution in [-0.2, 0) is 9.59 Å². The molecular formula is C21H18O5S. The van der Waals surface area contributed by atoms with Gasteiger partial charge in [-0.2, -0.15) is 0 Å². The van der Waals surface area contributed by atoms with E-state index in [2.05, 4.69) is 0 Å². The van der Waals surface area contributed by atoms with Crippen LogP contribution in [0.1, 0.15) is 13.8 Å². The molecule has 138 valence electrons. The lowest BCUT2D eigenvalue weighted by Crippen LogP contribution is -2.06. The highest BCUT2D eigenvalue weighted by atomic mass is 32.2. The number of rotatable bonds is 5. The van der Waals surface area contributed by atoms with Gasteiger partial charge in [0.05, 0.1) is 7.11 Å². The van der Waals surface area contributed by atoms with E-state index in [0.717, 1.165) is 9.79 Å². The second-order valence-electron chi connectivity index (χ2n) is 5.69. The summed E-state index contributed by atoms with van der Waals surface area (Å²) in [5.41, 5.74) is 0. The predicted molar refractivity (Wildman–Crippen MR) is 104 cm³/mol. The van der Waals surface area contributed by atoms with E-state index in [1.807, 2.05) is 42.5 Å². The van der Waals surface area contributed by atoms with Crippen LogP contribution in [-0.4, -0.2) is 19.0 Å². The molecule has 3 aromatic rings. The molecule has 3 rings (SSSR count). The Morgan fingerprint density at radius 1 is 0.852 bits per heavy atom. The van der Waals surface area contributed by atoms with Gasteiger partial charge in [0.1, 0.15) is 5.75 Å². The fraction of sp³-hybridized carbons (Fsp3) is 0.143. The second-order valence-corrected chi connectivity index (χ2v) is 6.80. The summed E-state index contributed by atoms with van der Waals surface area (Å²) in [5, 5.41) is 1.31. The molecule has 0 atom stereocenters. The van der Waals surface area contributed by atoms with E-state index in [1.165, 1.54) is 32.7 Å². The summed E-state index contributed by atoms with van der Waals surface area (Å²) in [6.07, 6.45) is 0. The number of hydrogen-bond acceptors (Lipinski definition) is 6. The van der Waals surface area contributed by atoms with Crippen LogP contribution in [0.5, 0.6) is 17.2 Å². The molecule has 0 aromatic heterocycles. The van der Waals surface area contributed by atoms with E-state index in [0.29, 0.717) is 28.0 Å². The zero-order valence-corrected chi connectivity index (χ0v) is 16.0. The van der Waals surface area contributed by atoms with Crippen LogP contribution in [0, 0.1) is 0 Å². The molecule has 0 aliphatic rings. The molecule has 27 heavy (non-hydrogen) atoms. The lowest BCUT2D eigenvalue weighted by Gasteiger charge is -2.17. The van der Waals surface area contributed by atoms with Gasteiger partial charge in [-0.1, -0.05) is 42.1 Å². The predicted octanol–water partition coefficient (Wildman–Crippen LogP) is 4.85. The Bertz CT molecular complexity index is 998. The van der Waals surface area contributed by atoms with E-state index in [-0.39, 0.29) is 0 Å². The Morgan fingerprint density at radius 3 is 2.19 bits per heavy atom. The van der Waals surface area contributed by atoms with Gasteiger partial charge < -0.3 is 14.2 Å². The third-order valence-electron chi connectivity index (χ3n) is 3.69. The number of esters is 2. The minimum atomic E-state index is -0.462. The third-order valence-corrected chi connectivity index (χ3v) is 4.76. The standard InChI is InChI=1S/C21H18O5S/c1-13(22)25-17-12-18(24-3)21(26-14(2)23)16-10-7-11-19(20(16)17)27-15-8-5-4-6-9-15/h4-12H,1-3H3. The van der Waals surface area contributed by atoms with Gasteiger partial charge in [-0.3, -0.25) is 9.59 Å². The van der Waals surface area contributed by atoms with Gasteiger partial charge in [0.25, 0.3) is 0 Å². The zero-order chi connectivity index (χ0) is 19.4. The minimum Gasteiger partial charge on any atom is -0.493 e. The second kappa shape index (κ2) is 8.14. The van der Waals surface area contributed by atoms with Crippen molar-refractivity contribution >= 4 is 34.5 Å². The third kappa shape index (κ3) is 4.23. The van der Waals surface area contributed by atoms with Crippen LogP contribution in [0.3, 0.4) is 0 Å². The molecule has 0 aliphatic carbocycles. The van der Waals surface area contributed by atoms with Crippen molar-refractivity contribution < 1.29 is 23.8 Å². The zero-order valence-electron chi connectivity index (χ0n) is 15.1. The first-order valence-electron chi connectivity index (χ1n) is 8.23. The molecule has 0 spiro atoms. The molecule has 0 amide bonds. The summed E-state index contributed by atoms with van der Waals surface area (Å²) in [5.74, 6) is 0.0561. The number of benzene rings is 3. The average molecular weight is 382 g/mol. The maximum atomic E-state index is 11.6. The summed E-state index contributed by atoms with van der Waals surface area (Å²) in [7, 11) is 1.47. The van der Waals surface area contributed by atoms with Crippen molar-refractivity contribution in [1.29, 1.82) is 0 Å². The first-order valence-corrected chi connectivity index (χ1v) is 9.04. The first-order chi connectivity index (χ1) is 13.0. The molecule has 0 bridgehead atoms. The van der Waals surface area contributed by atoms with Gasteiger partial charge >= 0.3 is 11.9 Å². The van der Waals surface area contributed by atoms with Crippen LogP contribution in [0.25, 0.3) is 10.8 Å². The van der Waals surface area contributed by atoms with Crippen molar-refractivity contribution in [3.63, 3.8) is 0 Å². The Morgan fingerprint density at radius 2 is 1.56 bits per heavy atom. The maximum Gasteiger partial charge on any atom is 0.308 e. The van der Waals surface area contributed by atoms with Gasteiger partial charge in [0, 0.05) is 40.5 Å². The van der Waals surface area contributed by atoms with Gasteiger partial charge in [-0.25, -0.2) is 0 Å². The molecular weight excluding hydrogens is 364 g/mol. The molecule has 0 fully saturated rings. The lowest BCUT2D eigenvalue weighted by atomic mass is 10.1. The minimum absolute atomic E-state index is 0.298. The Balaban J connectivity index is 2.27. The van der Waals surface area contributed by atoms with Gasteiger partial charge in [-0.15, -0.1) is 0 Å². The van der Waals surface area contributed by atoms with E-state index in [1.54, 1.807) is 12.1 Å². The largest absolute Gasteiger partial charge is 0.493 e. The number of carbonyl (C=O) groups excluding carboxylic acids is 2. The van der Waals surface area contributed by atoms with Crippen molar-refractivity contribution in [3.8, 4) is 17.2 Å². The summed E-state index contributed by atoms with van der Waals surface area (Å²) in [4.78, 5) is 25.1. The average Bonchev–Trinajstić information content (AvgIpc) is 2.63. The van der Waals surface area contributed by atoms with Crippen molar-refractivity contribution in [2.45, 2.75) is 23.6 Å². The fourth-order valence-electron chi connectivity index (χ4n) is 2.70. The SMILES string of the molecule is COc1cc(OC(C)=O)c2c(Sc3ccccc3)cccc2c1OC(C)=O. The van der Waals surface area contributed by atoms with Gasteiger partial charge in [0.2, 0.25) is 0 Å². The molecule has 0 aliphatic heterocycles. The normalized spacial score (nSPS) is 10.5. The van der Waals surface area contributed by atoms with Crippen molar-refractivity contribution in [1.82, 2.24) is 0 Å². The van der Waals surface area contributed by atoms with Crippen molar-refractivity contribution in [2.24, 2.45) is 0 Å². The Labute approximate surface area is 161 Å². The van der Waals surface area contributed by atoms with Gasteiger partial charge in [0.15, 0.2) is 11.5 Å². The van der Waals surface area contributed by atoms with Gasteiger partial charge in [-0.05, 0) is 18.2 Å². The van der Waals surface area contributed by atoms with Crippen molar-refractivity contribution in [2.75, 3.05) is 7.11 Å². The Hall–Kier alpha value is -2.99. The molecule has 3 aromatic carbocycles. The van der Waals surface area contributed by atoms with Crippen LogP contribution in [0.4, 0.5) is 0 Å². The van der Waals surface area contributed by atoms with Crippen molar-refractivity contribution in [3.05, 3.63) is 54.6 Å². The number of carbonyl (C=O) groups is 2. The topological polar surface area (TPSA) is 61.8 Å². The highest BCUT2D eigenvalue weighted by molar-refractivity contribution is 7.99. The number of ether oxygens (including phenoxy) is 3. The van der Waals surface area contributed by atoms with E-state index in [4.69, 9.17) is 14.2 Å². The maximum absolute atomic E-state index is 11.6. The van der Waals surface area contributed by atoms with Crippen LogP contribution in [0.2, 0.25) is 0 Å². The molecule has 0 saturated carbocycles. The number of methoxy groups -OCH3 is 1. The number of hydrogen-bond donors (Lipinski definition) is 0. The molecule has 5 nitrogen and oxygen atoms in total. The Kier molecular flexibility index (Phi) is 5.66. The first kappa shape index (κ1) is 18.8. The number of fused-ring (bicyclic) bond motifs is 1. The monoisotopic (exact) mass is 382 g/mol. The van der Waals surface area contributed by atoms with Crippen LogP contribution in [0.15, 0.2) is 64.4 Å². The summed E-state index contributed by atoms with van der Waals surface area (Å²) < 4.78 is 16.2. The molecule has 0 radical (unpaired) electrons. The van der Waals surface area contributed by atoms with E-state index >= 15 is 0 Å². The lowest BCUT2D eigenvalue weighted by molar-refractivity contribution is -0.133. The highest BCUT2D eigenvalue weighted by Crippen LogP contribution is 2.46. The van der Waals surface area contributed by atoms with Crippen LogP contribution >= 0.6 is 11.8 Å².